The highest BCUT2D eigenvalue weighted by atomic mass is 35.5. The van der Waals surface area contributed by atoms with Crippen LogP contribution in [0.3, 0.4) is 0 Å². The minimum absolute atomic E-state index is 0. The first-order chi connectivity index (χ1) is 12.2. The number of furan rings is 1. The Morgan fingerprint density at radius 1 is 1.04 bits per heavy atom. The number of methoxy groups -OCH3 is 1. The van der Waals surface area contributed by atoms with Gasteiger partial charge in [-0.05, 0) is 55.3 Å². The molecule has 0 saturated carbocycles. The van der Waals surface area contributed by atoms with Crippen LogP contribution >= 0.6 is 24.0 Å². The number of nitrogens with one attached hydrogen (secondary N) is 1. The molecule has 0 atom stereocenters. The normalized spacial score (nSPS) is 10.4. The SMILES string of the molecule is COc1ccccc1CCNCc1ccc(-c2cccc(Cl)c2C)o1.Cl. The molecule has 3 nitrogen and oxygen atoms in total. The molecular weight excluding hydrogens is 369 g/mol. The average molecular weight is 392 g/mol. The first-order valence-corrected chi connectivity index (χ1v) is 8.73. The van der Waals surface area contributed by atoms with Gasteiger partial charge in [-0.1, -0.05) is 41.9 Å². The van der Waals surface area contributed by atoms with Crippen LogP contribution in [0.2, 0.25) is 5.02 Å². The Labute approximate surface area is 165 Å². The van der Waals surface area contributed by atoms with Crippen LogP contribution in [0.5, 0.6) is 5.75 Å². The number of para-hydroxylation sites is 1. The van der Waals surface area contributed by atoms with Crippen LogP contribution in [0.25, 0.3) is 11.3 Å². The molecule has 0 amide bonds. The summed E-state index contributed by atoms with van der Waals surface area (Å²) in [6, 6.07) is 18.0. The third kappa shape index (κ3) is 4.82. The summed E-state index contributed by atoms with van der Waals surface area (Å²) in [6.45, 7) is 3.55. The number of hydrogen-bond acceptors (Lipinski definition) is 3. The second kappa shape index (κ2) is 9.67. The summed E-state index contributed by atoms with van der Waals surface area (Å²) in [5.41, 5.74) is 3.27. The molecule has 1 N–H and O–H groups in total. The zero-order valence-corrected chi connectivity index (χ0v) is 16.5. The molecule has 0 aliphatic heterocycles. The third-order valence-corrected chi connectivity index (χ3v) is 4.67. The average Bonchev–Trinajstić information content (AvgIpc) is 3.10. The highest BCUT2D eigenvalue weighted by Gasteiger charge is 2.09. The van der Waals surface area contributed by atoms with Crippen molar-refractivity contribution >= 4 is 24.0 Å². The van der Waals surface area contributed by atoms with E-state index in [1.807, 2.05) is 55.5 Å². The van der Waals surface area contributed by atoms with Gasteiger partial charge < -0.3 is 14.5 Å². The van der Waals surface area contributed by atoms with Crippen molar-refractivity contribution in [2.24, 2.45) is 0 Å². The lowest BCUT2D eigenvalue weighted by Crippen LogP contribution is -2.16. The molecule has 0 radical (unpaired) electrons. The summed E-state index contributed by atoms with van der Waals surface area (Å²) in [7, 11) is 1.70. The number of halogens is 2. The fraction of sp³-hybridized carbons (Fsp3) is 0.238. The Balaban J connectivity index is 0.00000243. The monoisotopic (exact) mass is 391 g/mol. The highest BCUT2D eigenvalue weighted by Crippen LogP contribution is 2.29. The largest absolute Gasteiger partial charge is 0.496 e. The molecule has 0 saturated heterocycles. The van der Waals surface area contributed by atoms with Crippen molar-refractivity contribution in [3.8, 4) is 17.1 Å². The molecule has 0 fully saturated rings. The predicted molar refractivity (Wildman–Crippen MR) is 110 cm³/mol. The van der Waals surface area contributed by atoms with Crippen molar-refractivity contribution in [3.05, 3.63) is 76.5 Å². The van der Waals surface area contributed by atoms with Crippen LogP contribution in [0, 0.1) is 6.92 Å². The molecule has 26 heavy (non-hydrogen) atoms. The molecule has 0 bridgehead atoms. The van der Waals surface area contributed by atoms with Crippen LogP contribution in [0.15, 0.2) is 59.0 Å². The predicted octanol–water partition coefficient (Wildman–Crippen LogP) is 5.67. The Hall–Kier alpha value is -1.94. The molecule has 0 aliphatic rings. The summed E-state index contributed by atoms with van der Waals surface area (Å²) < 4.78 is 11.3. The van der Waals surface area contributed by atoms with Gasteiger partial charge in [0.15, 0.2) is 0 Å². The first kappa shape index (κ1) is 20.4. The van der Waals surface area contributed by atoms with Gasteiger partial charge in [0.2, 0.25) is 0 Å². The van der Waals surface area contributed by atoms with E-state index in [1.165, 1.54) is 5.56 Å². The van der Waals surface area contributed by atoms with Gasteiger partial charge in [0.05, 0.1) is 13.7 Å². The van der Waals surface area contributed by atoms with Gasteiger partial charge in [-0.25, -0.2) is 0 Å². The summed E-state index contributed by atoms with van der Waals surface area (Å²) in [6.07, 6.45) is 0.908. The maximum absolute atomic E-state index is 6.19. The van der Waals surface area contributed by atoms with Crippen LogP contribution < -0.4 is 10.1 Å². The van der Waals surface area contributed by atoms with Crippen LogP contribution in [-0.2, 0) is 13.0 Å². The molecule has 5 heteroatoms. The second-order valence-corrected chi connectivity index (χ2v) is 6.32. The maximum atomic E-state index is 6.19. The van der Waals surface area contributed by atoms with Crippen molar-refractivity contribution < 1.29 is 9.15 Å². The Morgan fingerprint density at radius 3 is 2.65 bits per heavy atom. The van der Waals surface area contributed by atoms with Crippen LogP contribution in [0.1, 0.15) is 16.9 Å². The van der Waals surface area contributed by atoms with E-state index in [0.717, 1.165) is 46.4 Å². The van der Waals surface area contributed by atoms with Gasteiger partial charge in [0, 0.05) is 10.6 Å². The fourth-order valence-corrected chi connectivity index (χ4v) is 3.01. The van der Waals surface area contributed by atoms with Gasteiger partial charge in [-0.3, -0.25) is 0 Å². The van der Waals surface area contributed by atoms with Gasteiger partial charge in [0.25, 0.3) is 0 Å². The zero-order chi connectivity index (χ0) is 17.6. The van der Waals surface area contributed by atoms with Crippen molar-refractivity contribution in [1.29, 1.82) is 0 Å². The van der Waals surface area contributed by atoms with Crippen molar-refractivity contribution in [2.75, 3.05) is 13.7 Å². The lowest BCUT2D eigenvalue weighted by atomic mass is 10.1. The highest BCUT2D eigenvalue weighted by molar-refractivity contribution is 6.31. The fourth-order valence-electron chi connectivity index (χ4n) is 2.84. The molecule has 0 spiro atoms. The number of rotatable bonds is 7. The van der Waals surface area contributed by atoms with E-state index in [9.17, 15) is 0 Å². The molecule has 2 aromatic carbocycles. The maximum Gasteiger partial charge on any atom is 0.134 e. The Bertz CT molecular complexity index is 846. The lowest BCUT2D eigenvalue weighted by Gasteiger charge is -2.08. The lowest BCUT2D eigenvalue weighted by molar-refractivity contribution is 0.408. The minimum atomic E-state index is 0. The topological polar surface area (TPSA) is 34.4 Å². The van der Waals surface area contributed by atoms with E-state index in [-0.39, 0.29) is 12.4 Å². The molecule has 1 aromatic heterocycles. The van der Waals surface area contributed by atoms with Gasteiger partial charge in [-0.2, -0.15) is 0 Å². The molecular formula is C21H23Cl2NO2. The van der Waals surface area contributed by atoms with E-state index in [2.05, 4.69) is 11.4 Å². The quantitative estimate of drug-likeness (QED) is 0.526. The van der Waals surface area contributed by atoms with Crippen molar-refractivity contribution in [3.63, 3.8) is 0 Å². The molecule has 1 heterocycles. The first-order valence-electron chi connectivity index (χ1n) is 8.36. The number of ether oxygens (including phenoxy) is 1. The van der Waals surface area contributed by atoms with Gasteiger partial charge in [0.1, 0.15) is 17.3 Å². The molecule has 138 valence electrons. The summed E-state index contributed by atoms with van der Waals surface area (Å²) in [5.74, 6) is 2.69. The van der Waals surface area contributed by atoms with Crippen LogP contribution in [0.4, 0.5) is 0 Å². The molecule has 0 unspecified atom stereocenters. The number of hydrogen-bond donors (Lipinski definition) is 1. The minimum Gasteiger partial charge on any atom is -0.496 e. The Morgan fingerprint density at radius 2 is 1.85 bits per heavy atom. The van der Waals surface area contributed by atoms with E-state index in [0.29, 0.717) is 6.54 Å². The molecule has 0 aliphatic carbocycles. The van der Waals surface area contributed by atoms with Gasteiger partial charge in [-0.15, -0.1) is 12.4 Å². The van der Waals surface area contributed by atoms with E-state index >= 15 is 0 Å². The summed E-state index contributed by atoms with van der Waals surface area (Å²) >= 11 is 6.19. The molecule has 3 aromatic rings. The number of benzene rings is 2. The third-order valence-electron chi connectivity index (χ3n) is 4.26. The van der Waals surface area contributed by atoms with Crippen LogP contribution in [-0.4, -0.2) is 13.7 Å². The van der Waals surface area contributed by atoms with Crippen molar-refractivity contribution in [2.45, 2.75) is 19.9 Å². The standard InChI is InChI=1S/C21H22ClNO2.ClH/c1-15-18(7-5-8-19(15)22)21-11-10-17(25-21)14-23-13-12-16-6-3-4-9-20(16)24-2;/h3-11,23H,12-14H2,1-2H3;1H. The van der Waals surface area contributed by atoms with Crippen molar-refractivity contribution in [1.82, 2.24) is 5.32 Å². The van der Waals surface area contributed by atoms with Gasteiger partial charge >= 0.3 is 0 Å². The summed E-state index contributed by atoms with van der Waals surface area (Å²) in [4.78, 5) is 0. The van der Waals surface area contributed by atoms with E-state index in [4.69, 9.17) is 20.8 Å². The Kier molecular flexibility index (Phi) is 7.58. The summed E-state index contributed by atoms with van der Waals surface area (Å²) in [5, 5.41) is 4.17. The smallest absolute Gasteiger partial charge is 0.134 e. The zero-order valence-electron chi connectivity index (χ0n) is 14.9. The van der Waals surface area contributed by atoms with E-state index in [1.54, 1.807) is 7.11 Å². The second-order valence-electron chi connectivity index (χ2n) is 5.92. The van der Waals surface area contributed by atoms with E-state index < -0.39 is 0 Å². The molecule has 3 rings (SSSR count).